The van der Waals surface area contributed by atoms with Gasteiger partial charge in [0.25, 0.3) is 0 Å². The Bertz CT molecular complexity index is 611. The summed E-state index contributed by atoms with van der Waals surface area (Å²) in [6.45, 7) is 5.05. The molecule has 0 aliphatic heterocycles. The van der Waals surface area contributed by atoms with E-state index in [0.29, 0.717) is 19.0 Å². The molecule has 2 aromatic carbocycles. The van der Waals surface area contributed by atoms with Crippen LogP contribution in [0.25, 0.3) is 0 Å². The summed E-state index contributed by atoms with van der Waals surface area (Å²) in [6, 6.07) is 12.0. The summed E-state index contributed by atoms with van der Waals surface area (Å²) in [4.78, 5) is 0. The highest BCUT2D eigenvalue weighted by molar-refractivity contribution is 14.1. The lowest BCUT2D eigenvalue weighted by atomic mass is 10.1. The molecule has 0 saturated heterocycles. The van der Waals surface area contributed by atoms with Crippen molar-refractivity contribution in [2.24, 2.45) is 0 Å². The second kappa shape index (κ2) is 7.66. The van der Waals surface area contributed by atoms with Crippen LogP contribution in [0.15, 0.2) is 36.4 Å². The Morgan fingerprint density at radius 3 is 2.57 bits per heavy atom. The predicted octanol–water partition coefficient (Wildman–Crippen LogP) is 4.07. The molecule has 112 valence electrons. The molecule has 0 atom stereocenters. The first-order chi connectivity index (χ1) is 10.1. The van der Waals surface area contributed by atoms with Crippen LogP contribution in [0.4, 0.5) is 0 Å². The summed E-state index contributed by atoms with van der Waals surface area (Å²) in [5, 5.41) is 9.28. The molecule has 0 amide bonds. The van der Waals surface area contributed by atoms with Crippen molar-refractivity contribution in [3.05, 3.63) is 56.7 Å². The third kappa shape index (κ3) is 4.35. The summed E-state index contributed by atoms with van der Waals surface area (Å²) < 4.78 is 12.5. The molecule has 0 aliphatic carbocycles. The van der Waals surface area contributed by atoms with E-state index in [2.05, 4.69) is 41.6 Å². The lowest BCUT2D eigenvalue weighted by molar-refractivity contribution is 0.262. The van der Waals surface area contributed by atoms with E-state index in [0.717, 1.165) is 20.4 Å². The Labute approximate surface area is 139 Å². The number of hydrogen-bond donors (Lipinski definition) is 1. The van der Waals surface area contributed by atoms with Crippen LogP contribution in [0.1, 0.15) is 23.6 Å². The molecule has 0 radical (unpaired) electrons. The SMILES string of the molecule is CCOc1cc(CO)cc(I)c1OCc1cccc(C)c1. The average Bonchev–Trinajstić information content (AvgIpc) is 2.46. The van der Waals surface area contributed by atoms with Gasteiger partial charge in [0.1, 0.15) is 6.61 Å². The lowest BCUT2D eigenvalue weighted by Crippen LogP contribution is -2.02. The number of aliphatic hydroxyl groups excluding tert-OH is 1. The largest absolute Gasteiger partial charge is 0.490 e. The van der Waals surface area contributed by atoms with Gasteiger partial charge in [0.15, 0.2) is 11.5 Å². The fraction of sp³-hybridized carbons (Fsp3) is 0.294. The first kappa shape index (κ1) is 16.1. The Balaban J connectivity index is 2.22. The second-order valence-corrected chi connectivity index (χ2v) is 5.94. The number of halogens is 1. The minimum absolute atomic E-state index is 0.00572. The molecule has 0 fully saturated rings. The standard InChI is InChI=1S/C17H19IO3/c1-3-20-16-9-14(10-19)8-15(18)17(16)21-11-13-6-4-5-12(2)7-13/h4-9,19H,3,10-11H2,1-2H3. The number of aryl methyl sites for hydroxylation is 1. The summed E-state index contributed by atoms with van der Waals surface area (Å²) in [5.41, 5.74) is 3.16. The molecular weight excluding hydrogens is 379 g/mol. The number of hydrogen-bond acceptors (Lipinski definition) is 3. The van der Waals surface area contributed by atoms with Crippen LogP contribution in [-0.4, -0.2) is 11.7 Å². The minimum Gasteiger partial charge on any atom is -0.490 e. The van der Waals surface area contributed by atoms with Crippen LogP contribution in [0, 0.1) is 10.5 Å². The molecule has 0 aromatic heterocycles. The molecule has 0 saturated carbocycles. The van der Waals surface area contributed by atoms with E-state index in [4.69, 9.17) is 9.47 Å². The number of benzene rings is 2. The van der Waals surface area contributed by atoms with Gasteiger partial charge in [0.2, 0.25) is 0 Å². The van der Waals surface area contributed by atoms with Crippen LogP contribution in [0.3, 0.4) is 0 Å². The van der Waals surface area contributed by atoms with Gasteiger partial charge in [-0.1, -0.05) is 29.8 Å². The molecule has 2 rings (SSSR count). The third-order valence-electron chi connectivity index (χ3n) is 3.02. The highest BCUT2D eigenvalue weighted by Crippen LogP contribution is 2.34. The molecule has 0 spiro atoms. The second-order valence-electron chi connectivity index (χ2n) is 4.77. The molecule has 0 heterocycles. The van der Waals surface area contributed by atoms with Gasteiger partial charge in [0, 0.05) is 0 Å². The van der Waals surface area contributed by atoms with Gasteiger partial charge in [-0.25, -0.2) is 0 Å². The summed E-state index contributed by atoms with van der Waals surface area (Å²) >= 11 is 2.21. The van der Waals surface area contributed by atoms with Crippen molar-refractivity contribution in [3.63, 3.8) is 0 Å². The molecule has 3 nitrogen and oxygen atoms in total. The van der Waals surface area contributed by atoms with E-state index in [9.17, 15) is 5.11 Å². The van der Waals surface area contributed by atoms with Gasteiger partial charge in [-0.3, -0.25) is 0 Å². The molecular formula is C17H19IO3. The molecule has 4 heteroatoms. The molecule has 0 bridgehead atoms. The van der Waals surface area contributed by atoms with Gasteiger partial charge in [0.05, 0.1) is 16.8 Å². The summed E-state index contributed by atoms with van der Waals surface area (Å²) in [5.74, 6) is 1.41. The lowest BCUT2D eigenvalue weighted by Gasteiger charge is -2.15. The highest BCUT2D eigenvalue weighted by Gasteiger charge is 2.12. The molecule has 0 aliphatic rings. The van der Waals surface area contributed by atoms with Gasteiger partial charge in [-0.05, 0) is 59.7 Å². The number of rotatable bonds is 6. The average molecular weight is 398 g/mol. The van der Waals surface area contributed by atoms with E-state index in [1.165, 1.54) is 5.56 Å². The van der Waals surface area contributed by atoms with Crippen molar-refractivity contribution in [2.75, 3.05) is 6.61 Å². The Kier molecular flexibility index (Phi) is 5.87. The fourth-order valence-electron chi connectivity index (χ4n) is 2.07. The van der Waals surface area contributed by atoms with Crippen molar-refractivity contribution in [1.29, 1.82) is 0 Å². The van der Waals surface area contributed by atoms with Crippen molar-refractivity contribution >= 4 is 22.6 Å². The van der Waals surface area contributed by atoms with Crippen molar-refractivity contribution in [2.45, 2.75) is 27.1 Å². The predicted molar refractivity (Wildman–Crippen MR) is 91.8 cm³/mol. The van der Waals surface area contributed by atoms with Crippen molar-refractivity contribution in [3.8, 4) is 11.5 Å². The van der Waals surface area contributed by atoms with Crippen LogP contribution in [0.2, 0.25) is 0 Å². The fourth-order valence-corrected chi connectivity index (χ4v) is 2.89. The Morgan fingerprint density at radius 2 is 1.90 bits per heavy atom. The monoisotopic (exact) mass is 398 g/mol. The summed E-state index contributed by atoms with van der Waals surface area (Å²) in [6.07, 6.45) is 0. The van der Waals surface area contributed by atoms with Crippen LogP contribution in [-0.2, 0) is 13.2 Å². The zero-order valence-electron chi connectivity index (χ0n) is 12.2. The topological polar surface area (TPSA) is 38.7 Å². The molecule has 2 aromatic rings. The van der Waals surface area contributed by atoms with Crippen LogP contribution < -0.4 is 9.47 Å². The quantitative estimate of drug-likeness (QED) is 0.746. The Hall–Kier alpha value is -1.27. The normalized spacial score (nSPS) is 10.5. The summed E-state index contributed by atoms with van der Waals surface area (Å²) in [7, 11) is 0. The van der Waals surface area contributed by atoms with Crippen molar-refractivity contribution < 1.29 is 14.6 Å². The maximum atomic E-state index is 9.28. The van der Waals surface area contributed by atoms with E-state index in [1.54, 1.807) is 0 Å². The van der Waals surface area contributed by atoms with Crippen LogP contribution >= 0.6 is 22.6 Å². The zero-order chi connectivity index (χ0) is 15.2. The smallest absolute Gasteiger partial charge is 0.174 e. The third-order valence-corrected chi connectivity index (χ3v) is 3.82. The van der Waals surface area contributed by atoms with Crippen molar-refractivity contribution in [1.82, 2.24) is 0 Å². The van der Waals surface area contributed by atoms with E-state index >= 15 is 0 Å². The maximum absolute atomic E-state index is 9.28. The van der Waals surface area contributed by atoms with Gasteiger partial charge in [-0.2, -0.15) is 0 Å². The number of ether oxygens (including phenoxy) is 2. The molecule has 0 unspecified atom stereocenters. The highest BCUT2D eigenvalue weighted by atomic mass is 127. The van der Waals surface area contributed by atoms with Gasteiger partial charge >= 0.3 is 0 Å². The zero-order valence-corrected chi connectivity index (χ0v) is 14.4. The van der Waals surface area contributed by atoms with Gasteiger partial charge in [-0.15, -0.1) is 0 Å². The minimum atomic E-state index is -0.00572. The number of aliphatic hydroxyl groups is 1. The first-order valence-corrected chi connectivity index (χ1v) is 7.96. The maximum Gasteiger partial charge on any atom is 0.174 e. The Morgan fingerprint density at radius 1 is 1.10 bits per heavy atom. The van der Waals surface area contributed by atoms with E-state index in [-0.39, 0.29) is 6.61 Å². The first-order valence-electron chi connectivity index (χ1n) is 6.88. The van der Waals surface area contributed by atoms with Crippen LogP contribution in [0.5, 0.6) is 11.5 Å². The molecule has 1 N–H and O–H groups in total. The van der Waals surface area contributed by atoms with E-state index < -0.39 is 0 Å². The van der Waals surface area contributed by atoms with Gasteiger partial charge < -0.3 is 14.6 Å². The molecule has 21 heavy (non-hydrogen) atoms. The van der Waals surface area contributed by atoms with E-state index in [1.807, 2.05) is 31.2 Å².